The molecule has 1 unspecified atom stereocenters. The molecule has 4 nitrogen and oxygen atoms in total. The Hall–Kier alpha value is -0.160. The highest BCUT2D eigenvalue weighted by atomic mass is 16.5. The standard InChI is InChI=1S/C16H37N3O/c1-14(2)10-17-11-16(13-20-7)19(12-15(3)4)9-8-18(5)6/h14-17H,8-13H2,1-7H3. The Balaban J connectivity index is 4.46. The lowest BCUT2D eigenvalue weighted by Gasteiger charge is -2.34. The second-order valence-electron chi connectivity index (χ2n) is 6.85. The van der Waals surface area contributed by atoms with E-state index < -0.39 is 0 Å². The first-order chi connectivity index (χ1) is 9.36. The maximum atomic E-state index is 5.44. The van der Waals surface area contributed by atoms with Gasteiger partial charge in [-0.1, -0.05) is 27.7 Å². The van der Waals surface area contributed by atoms with E-state index in [1.54, 1.807) is 7.11 Å². The molecule has 0 amide bonds. The van der Waals surface area contributed by atoms with Crippen LogP contribution < -0.4 is 5.32 Å². The van der Waals surface area contributed by atoms with Gasteiger partial charge in [-0.3, -0.25) is 4.90 Å². The summed E-state index contributed by atoms with van der Waals surface area (Å²) >= 11 is 0. The van der Waals surface area contributed by atoms with Crippen molar-refractivity contribution in [2.75, 3.05) is 60.5 Å². The van der Waals surface area contributed by atoms with Crippen molar-refractivity contribution in [1.29, 1.82) is 0 Å². The average molecular weight is 287 g/mol. The number of nitrogens with one attached hydrogen (secondary N) is 1. The normalized spacial score (nSPS) is 13.9. The minimum atomic E-state index is 0.459. The summed E-state index contributed by atoms with van der Waals surface area (Å²) in [6.07, 6.45) is 0. The average Bonchev–Trinajstić information content (AvgIpc) is 2.32. The molecule has 0 bridgehead atoms. The maximum absolute atomic E-state index is 5.44. The summed E-state index contributed by atoms with van der Waals surface area (Å²) in [5.74, 6) is 1.38. The van der Waals surface area contributed by atoms with Gasteiger partial charge in [0, 0.05) is 39.3 Å². The predicted octanol–water partition coefficient (Wildman–Crippen LogP) is 1.77. The van der Waals surface area contributed by atoms with E-state index in [1.165, 1.54) is 0 Å². The Morgan fingerprint density at radius 2 is 1.60 bits per heavy atom. The first-order valence-corrected chi connectivity index (χ1v) is 7.95. The van der Waals surface area contributed by atoms with Crippen LogP contribution in [0.15, 0.2) is 0 Å². The summed E-state index contributed by atoms with van der Waals surface area (Å²) in [7, 11) is 6.07. The first-order valence-electron chi connectivity index (χ1n) is 7.95. The molecule has 0 aliphatic rings. The largest absolute Gasteiger partial charge is 0.383 e. The van der Waals surface area contributed by atoms with Gasteiger partial charge in [0.1, 0.15) is 0 Å². The van der Waals surface area contributed by atoms with Crippen LogP contribution in [0, 0.1) is 11.8 Å². The SMILES string of the molecule is COCC(CNCC(C)C)N(CCN(C)C)CC(C)C. The summed E-state index contributed by atoms with van der Waals surface area (Å²) < 4.78 is 5.44. The number of ether oxygens (including phenoxy) is 1. The van der Waals surface area contributed by atoms with Gasteiger partial charge < -0.3 is 15.0 Å². The van der Waals surface area contributed by atoms with Crippen LogP contribution in [-0.4, -0.2) is 76.4 Å². The zero-order chi connectivity index (χ0) is 15.5. The second-order valence-corrected chi connectivity index (χ2v) is 6.85. The zero-order valence-electron chi connectivity index (χ0n) is 14.8. The van der Waals surface area contributed by atoms with Crippen LogP contribution in [0.4, 0.5) is 0 Å². The fourth-order valence-corrected chi connectivity index (χ4v) is 2.24. The van der Waals surface area contributed by atoms with E-state index in [0.717, 1.165) is 39.3 Å². The van der Waals surface area contributed by atoms with Crippen molar-refractivity contribution in [2.45, 2.75) is 33.7 Å². The van der Waals surface area contributed by atoms with E-state index in [-0.39, 0.29) is 0 Å². The van der Waals surface area contributed by atoms with Crippen molar-refractivity contribution in [2.24, 2.45) is 11.8 Å². The van der Waals surface area contributed by atoms with Crippen LogP contribution in [0.3, 0.4) is 0 Å². The minimum absolute atomic E-state index is 0.459. The van der Waals surface area contributed by atoms with Gasteiger partial charge in [-0.05, 0) is 32.5 Å². The quantitative estimate of drug-likeness (QED) is 0.592. The molecular formula is C16H37N3O. The number of hydrogen-bond donors (Lipinski definition) is 1. The molecule has 0 radical (unpaired) electrons. The fourth-order valence-electron chi connectivity index (χ4n) is 2.24. The predicted molar refractivity (Wildman–Crippen MR) is 88.3 cm³/mol. The molecule has 0 rings (SSSR count). The number of rotatable bonds is 12. The van der Waals surface area contributed by atoms with E-state index in [2.05, 4.69) is 56.9 Å². The molecule has 0 saturated heterocycles. The van der Waals surface area contributed by atoms with Gasteiger partial charge in [-0.15, -0.1) is 0 Å². The molecule has 0 heterocycles. The molecule has 0 fully saturated rings. The highest BCUT2D eigenvalue weighted by Crippen LogP contribution is 2.06. The number of methoxy groups -OCH3 is 1. The fraction of sp³-hybridized carbons (Fsp3) is 1.00. The smallest absolute Gasteiger partial charge is 0.0630 e. The van der Waals surface area contributed by atoms with Crippen LogP contribution >= 0.6 is 0 Å². The van der Waals surface area contributed by atoms with Crippen molar-refractivity contribution in [3.8, 4) is 0 Å². The van der Waals surface area contributed by atoms with E-state index in [9.17, 15) is 0 Å². The lowest BCUT2D eigenvalue weighted by atomic mass is 10.1. The zero-order valence-corrected chi connectivity index (χ0v) is 14.8. The van der Waals surface area contributed by atoms with E-state index in [4.69, 9.17) is 4.74 Å². The molecule has 20 heavy (non-hydrogen) atoms. The van der Waals surface area contributed by atoms with Gasteiger partial charge in [0.2, 0.25) is 0 Å². The molecule has 0 spiro atoms. The van der Waals surface area contributed by atoms with Crippen LogP contribution in [0.5, 0.6) is 0 Å². The van der Waals surface area contributed by atoms with Crippen LogP contribution in [0.2, 0.25) is 0 Å². The Bertz CT molecular complexity index is 220. The van der Waals surface area contributed by atoms with Gasteiger partial charge in [0.25, 0.3) is 0 Å². The first kappa shape index (κ1) is 19.8. The molecule has 0 aromatic heterocycles. The lowest BCUT2D eigenvalue weighted by Crippen LogP contribution is -2.49. The number of hydrogen-bond acceptors (Lipinski definition) is 4. The molecule has 1 atom stereocenters. The van der Waals surface area contributed by atoms with Gasteiger partial charge in [-0.2, -0.15) is 0 Å². The van der Waals surface area contributed by atoms with E-state index in [1.807, 2.05) is 0 Å². The topological polar surface area (TPSA) is 27.7 Å². The molecule has 0 aliphatic carbocycles. The lowest BCUT2D eigenvalue weighted by molar-refractivity contribution is 0.0764. The van der Waals surface area contributed by atoms with Gasteiger partial charge in [0.15, 0.2) is 0 Å². The summed E-state index contributed by atoms with van der Waals surface area (Å²) in [4.78, 5) is 4.82. The molecule has 4 heteroatoms. The highest BCUT2D eigenvalue weighted by molar-refractivity contribution is 4.76. The molecule has 0 aliphatic heterocycles. The summed E-state index contributed by atoms with van der Waals surface area (Å²) in [6.45, 7) is 15.3. The number of likely N-dealkylation sites (N-methyl/N-ethyl adjacent to an activating group) is 1. The van der Waals surface area contributed by atoms with Crippen molar-refractivity contribution >= 4 is 0 Å². The van der Waals surface area contributed by atoms with Crippen molar-refractivity contribution in [3.63, 3.8) is 0 Å². The molecular weight excluding hydrogens is 250 g/mol. The van der Waals surface area contributed by atoms with Gasteiger partial charge in [0.05, 0.1) is 6.61 Å². The van der Waals surface area contributed by atoms with Gasteiger partial charge >= 0.3 is 0 Å². The third-order valence-electron chi connectivity index (χ3n) is 3.24. The molecule has 122 valence electrons. The van der Waals surface area contributed by atoms with E-state index >= 15 is 0 Å². The monoisotopic (exact) mass is 287 g/mol. The van der Waals surface area contributed by atoms with Crippen LogP contribution in [0.25, 0.3) is 0 Å². The van der Waals surface area contributed by atoms with Crippen molar-refractivity contribution in [3.05, 3.63) is 0 Å². The van der Waals surface area contributed by atoms with Crippen molar-refractivity contribution < 1.29 is 4.74 Å². The second kappa shape index (κ2) is 11.5. The highest BCUT2D eigenvalue weighted by Gasteiger charge is 2.19. The van der Waals surface area contributed by atoms with E-state index in [0.29, 0.717) is 17.9 Å². The number of nitrogens with zero attached hydrogens (tertiary/aromatic N) is 2. The molecule has 0 saturated carbocycles. The molecule has 0 aromatic rings. The van der Waals surface area contributed by atoms with Crippen LogP contribution in [0.1, 0.15) is 27.7 Å². The minimum Gasteiger partial charge on any atom is -0.383 e. The summed E-state index contributed by atoms with van der Waals surface area (Å²) in [6, 6.07) is 0.459. The Labute approximate surface area is 126 Å². The summed E-state index contributed by atoms with van der Waals surface area (Å²) in [5, 5.41) is 3.58. The summed E-state index contributed by atoms with van der Waals surface area (Å²) in [5.41, 5.74) is 0. The molecule has 0 aromatic carbocycles. The third kappa shape index (κ3) is 10.6. The third-order valence-corrected chi connectivity index (χ3v) is 3.24. The van der Waals surface area contributed by atoms with Crippen molar-refractivity contribution in [1.82, 2.24) is 15.1 Å². The molecule has 1 N–H and O–H groups in total. The van der Waals surface area contributed by atoms with Gasteiger partial charge in [-0.25, -0.2) is 0 Å². The maximum Gasteiger partial charge on any atom is 0.0630 e. The Morgan fingerprint density at radius 3 is 2.05 bits per heavy atom. The Morgan fingerprint density at radius 1 is 0.950 bits per heavy atom. The van der Waals surface area contributed by atoms with Crippen LogP contribution in [-0.2, 0) is 4.74 Å². The Kier molecular flexibility index (Phi) is 11.4.